The molecule has 0 aliphatic rings. The molecule has 0 aliphatic heterocycles. The number of Topliss-reactive ketones (excluding diaryl/α,β-unsaturated/α-hetero) is 1. The molecule has 0 atom stereocenters. The molecule has 0 N–H and O–H groups in total. The smallest absolute Gasteiger partial charge is 0.186 e. The average molecular weight is 324 g/mol. The van der Waals surface area contributed by atoms with Crippen LogP contribution >= 0.6 is 15.9 Å². The third kappa shape index (κ3) is 3.48. The van der Waals surface area contributed by atoms with Crippen molar-refractivity contribution in [3.05, 3.63) is 46.5 Å². The van der Waals surface area contributed by atoms with Gasteiger partial charge in [0.25, 0.3) is 0 Å². The summed E-state index contributed by atoms with van der Waals surface area (Å²) in [6.45, 7) is 1.07. The highest BCUT2D eigenvalue weighted by molar-refractivity contribution is 9.10. The maximum Gasteiger partial charge on any atom is 0.186 e. The normalized spacial score (nSPS) is 10.6. The van der Waals surface area contributed by atoms with Crippen molar-refractivity contribution in [1.29, 1.82) is 0 Å². The van der Waals surface area contributed by atoms with Crippen LogP contribution in [0, 0.1) is 0 Å². The van der Waals surface area contributed by atoms with E-state index in [-0.39, 0.29) is 5.78 Å². The summed E-state index contributed by atoms with van der Waals surface area (Å²) >= 11 is 3.37. The summed E-state index contributed by atoms with van der Waals surface area (Å²) in [6.07, 6.45) is 5.33. The van der Waals surface area contributed by atoms with E-state index in [0.29, 0.717) is 29.7 Å². The summed E-state index contributed by atoms with van der Waals surface area (Å²) in [7, 11) is 1.62. The molecule has 2 rings (SSSR count). The highest BCUT2D eigenvalue weighted by atomic mass is 79.9. The van der Waals surface area contributed by atoms with Crippen molar-refractivity contribution in [2.45, 2.75) is 13.0 Å². The predicted molar refractivity (Wildman–Crippen MR) is 74.1 cm³/mol. The molecule has 100 valence electrons. The van der Waals surface area contributed by atoms with Gasteiger partial charge in [-0.2, -0.15) is 5.10 Å². The van der Waals surface area contributed by atoms with E-state index in [1.54, 1.807) is 30.4 Å². The van der Waals surface area contributed by atoms with Gasteiger partial charge in [-0.1, -0.05) is 0 Å². The second-order valence-corrected chi connectivity index (χ2v) is 4.87. The zero-order valence-corrected chi connectivity index (χ0v) is 12.1. The Labute approximate surface area is 119 Å². The van der Waals surface area contributed by atoms with Crippen LogP contribution < -0.4 is 0 Å². The third-order valence-corrected chi connectivity index (χ3v) is 3.26. The Morgan fingerprint density at radius 1 is 1.42 bits per heavy atom. The maximum atomic E-state index is 12.3. The number of halogens is 1. The number of rotatable bonds is 6. The Morgan fingerprint density at radius 2 is 2.16 bits per heavy atom. The molecule has 0 bridgehead atoms. The maximum absolute atomic E-state index is 12.3. The fourth-order valence-electron chi connectivity index (χ4n) is 1.76. The summed E-state index contributed by atoms with van der Waals surface area (Å²) in [4.78, 5) is 16.3. The Bertz CT molecular complexity index is 554. The van der Waals surface area contributed by atoms with E-state index in [0.717, 1.165) is 5.56 Å². The quantitative estimate of drug-likeness (QED) is 0.764. The SMILES string of the molecule is COCCn1ncc(Br)c1C(=O)Cc1ccncc1. The summed E-state index contributed by atoms with van der Waals surface area (Å²) < 4.78 is 7.39. The molecule has 0 spiro atoms. The minimum atomic E-state index is 0.0201. The van der Waals surface area contributed by atoms with Gasteiger partial charge in [-0.25, -0.2) is 0 Å². The van der Waals surface area contributed by atoms with Crippen LogP contribution in [0.1, 0.15) is 16.1 Å². The Hall–Kier alpha value is -1.53. The molecule has 0 radical (unpaired) electrons. The second kappa shape index (κ2) is 6.58. The number of carbonyl (C=O) groups is 1. The van der Waals surface area contributed by atoms with Crippen molar-refractivity contribution in [1.82, 2.24) is 14.8 Å². The summed E-state index contributed by atoms with van der Waals surface area (Å²) in [5.41, 5.74) is 1.51. The van der Waals surface area contributed by atoms with Gasteiger partial charge in [0.1, 0.15) is 5.69 Å². The van der Waals surface area contributed by atoms with Gasteiger partial charge in [0.2, 0.25) is 0 Å². The van der Waals surface area contributed by atoms with Gasteiger partial charge in [0.05, 0.1) is 23.8 Å². The van der Waals surface area contributed by atoms with Crippen LogP contribution in [0.15, 0.2) is 35.2 Å². The predicted octanol–water partition coefficient (Wildman–Crippen LogP) is 2.11. The Kier molecular flexibility index (Phi) is 4.81. The van der Waals surface area contributed by atoms with E-state index in [4.69, 9.17) is 4.74 Å². The molecule has 0 fully saturated rings. The van der Waals surface area contributed by atoms with Crippen LogP contribution in [0.5, 0.6) is 0 Å². The molecule has 0 aliphatic carbocycles. The molecule has 0 saturated heterocycles. The molecule has 5 nitrogen and oxygen atoms in total. The highest BCUT2D eigenvalue weighted by Gasteiger charge is 2.17. The van der Waals surface area contributed by atoms with Crippen molar-refractivity contribution in [2.75, 3.05) is 13.7 Å². The number of nitrogens with zero attached hydrogens (tertiary/aromatic N) is 3. The molecule has 0 saturated carbocycles. The molecule has 2 heterocycles. The molecule has 2 aromatic rings. The lowest BCUT2D eigenvalue weighted by molar-refractivity contribution is 0.0978. The lowest BCUT2D eigenvalue weighted by Crippen LogP contribution is -2.15. The first-order valence-electron chi connectivity index (χ1n) is 5.84. The number of ketones is 1. The zero-order valence-electron chi connectivity index (χ0n) is 10.5. The number of methoxy groups -OCH3 is 1. The second-order valence-electron chi connectivity index (χ2n) is 4.01. The summed E-state index contributed by atoms with van der Waals surface area (Å²) in [5.74, 6) is 0.0201. The van der Waals surface area contributed by atoms with Gasteiger partial charge in [-0.15, -0.1) is 0 Å². The minimum absolute atomic E-state index is 0.0201. The zero-order chi connectivity index (χ0) is 13.7. The van der Waals surface area contributed by atoms with Crippen molar-refractivity contribution in [3.63, 3.8) is 0 Å². The van der Waals surface area contributed by atoms with Crippen molar-refractivity contribution < 1.29 is 9.53 Å². The standard InChI is InChI=1S/C13H14BrN3O2/c1-19-7-6-17-13(11(14)9-16-17)12(18)8-10-2-4-15-5-3-10/h2-5,9H,6-8H2,1H3. The average Bonchev–Trinajstić information content (AvgIpc) is 2.78. The molecule has 2 aromatic heterocycles. The number of ether oxygens (including phenoxy) is 1. The number of aromatic nitrogens is 3. The van der Waals surface area contributed by atoms with Crippen LogP contribution in [0.25, 0.3) is 0 Å². The van der Waals surface area contributed by atoms with Gasteiger partial charge < -0.3 is 4.74 Å². The fraction of sp³-hybridized carbons (Fsp3) is 0.308. The molecule has 0 aromatic carbocycles. The van der Waals surface area contributed by atoms with Gasteiger partial charge in [0, 0.05) is 25.9 Å². The number of pyridine rings is 1. The van der Waals surface area contributed by atoms with Gasteiger partial charge >= 0.3 is 0 Å². The van der Waals surface area contributed by atoms with E-state index >= 15 is 0 Å². The number of carbonyl (C=O) groups excluding carboxylic acids is 1. The summed E-state index contributed by atoms with van der Waals surface area (Å²) in [5, 5.41) is 4.17. The molecular formula is C13H14BrN3O2. The van der Waals surface area contributed by atoms with Crippen molar-refractivity contribution in [3.8, 4) is 0 Å². The minimum Gasteiger partial charge on any atom is -0.383 e. The first-order valence-corrected chi connectivity index (χ1v) is 6.64. The van der Waals surface area contributed by atoms with Gasteiger partial charge in [-0.3, -0.25) is 14.5 Å². The monoisotopic (exact) mass is 323 g/mol. The molecule has 0 amide bonds. The van der Waals surface area contributed by atoms with Crippen molar-refractivity contribution >= 4 is 21.7 Å². The molecule has 0 unspecified atom stereocenters. The molecule has 6 heteroatoms. The molecule has 19 heavy (non-hydrogen) atoms. The van der Waals surface area contributed by atoms with Crippen LogP contribution in [-0.2, 0) is 17.7 Å². The third-order valence-electron chi connectivity index (χ3n) is 2.68. The van der Waals surface area contributed by atoms with Crippen LogP contribution in [0.2, 0.25) is 0 Å². The number of hydrogen-bond donors (Lipinski definition) is 0. The largest absolute Gasteiger partial charge is 0.383 e. The lowest BCUT2D eigenvalue weighted by Gasteiger charge is -2.07. The van der Waals surface area contributed by atoms with E-state index in [2.05, 4.69) is 26.0 Å². The fourth-order valence-corrected chi connectivity index (χ4v) is 2.27. The van der Waals surface area contributed by atoms with E-state index in [1.807, 2.05) is 12.1 Å². The Balaban J connectivity index is 2.16. The first-order chi connectivity index (χ1) is 9.22. The van der Waals surface area contributed by atoms with E-state index in [9.17, 15) is 4.79 Å². The van der Waals surface area contributed by atoms with E-state index < -0.39 is 0 Å². The van der Waals surface area contributed by atoms with Crippen LogP contribution in [0.3, 0.4) is 0 Å². The van der Waals surface area contributed by atoms with Crippen molar-refractivity contribution in [2.24, 2.45) is 0 Å². The van der Waals surface area contributed by atoms with Gasteiger partial charge in [-0.05, 0) is 33.6 Å². The molecular weight excluding hydrogens is 310 g/mol. The number of hydrogen-bond acceptors (Lipinski definition) is 4. The van der Waals surface area contributed by atoms with E-state index in [1.165, 1.54) is 0 Å². The topological polar surface area (TPSA) is 57.0 Å². The summed E-state index contributed by atoms with van der Waals surface area (Å²) in [6, 6.07) is 3.67. The van der Waals surface area contributed by atoms with Crippen LogP contribution in [0.4, 0.5) is 0 Å². The highest BCUT2D eigenvalue weighted by Crippen LogP contribution is 2.18. The first kappa shape index (κ1) is 13.9. The van der Waals surface area contributed by atoms with Crippen LogP contribution in [-0.4, -0.2) is 34.3 Å². The van der Waals surface area contributed by atoms with Gasteiger partial charge in [0.15, 0.2) is 5.78 Å². The Morgan fingerprint density at radius 3 is 2.84 bits per heavy atom. The lowest BCUT2D eigenvalue weighted by atomic mass is 10.1.